The number of halogens is 2. The topological polar surface area (TPSA) is 42.0 Å². The van der Waals surface area contributed by atoms with Crippen molar-refractivity contribution in [1.29, 1.82) is 0 Å². The molecule has 0 unspecified atom stereocenters. The first-order valence-corrected chi connectivity index (χ1v) is 10.0. The van der Waals surface area contributed by atoms with E-state index in [9.17, 15) is 9.18 Å². The van der Waals surface area contributed by atoms with Gasteiger partial charge in [0.25, 0.3) is 5.91 Å². The number of anilines is 1. The molecule has 2 rings (SSSR count). The molecule has 1 heterocycles. The van der Waals surface area contributed by atoms with Crippen molar-refractivity contribution in [1.82, 2.24) is 4.98 Å². The Kier molecular flexibility index (Phi) is 7.31. The first kappa shape index (κ1) is 21.3. The Bertz CT molecular complexity index is 865. The molecule has 1 aromatic heterocycles. The third kappa shape index (κ3) is 4.64. The number of aryl methyl sites for hydroxylation is 4. The predicted molar refractivity (Wildman–Crippen MR) is 113 cm³/mol. The van der Waals surface area contributed by atoms with Crippen LogP contribution in [0.1, 0.15) is 59.2 Å². The normalized spacial score (nSPS) is 11.2. The molecule has 0 fully saturated rings. The zero-order chi connectivity index (χ0) is 20.1. The molecule has 0 atom stereocenters. The van der Waals surface area contributed by atoms with E-state index in [4.69, 9.17) is 0 Å². The van der Waals surface area contributed by atoms with E-state index in [1.165, 1.54) is 12.1 Å². The van der Waals surface area contributed by atoms with E-state index < -0.39 is 0 Å². The van der Waals surface area contributed by atoms with Crippen LogP contribution in [0.2, 0.25) is 0 Å². The average Bonchev–Trinajstić information content (AvgIpc) is 2.62. The van der Waals surface area contributed by atoms with E-state index in [1.807, 2.05) is 46.8 Å². The molecule has 5 heteroatoms. The van der Waals surface area contributed by atoms with Gasteiger partial charge in [-0.05, 0) is 84.8 Å². The summed E-state index contributed by atoms with van der Waals surface area (Å²) in [6, 6.07) is 2.98. The van der Waals surface area contributed by atoms with Gasteiger partial charge >= 0.3 is 0 Å². The van der Waals surface area contributed by atoms with Crippen LogP contribution in [-0.2, 0) is 19.3 Å². The summed E-state index contributed by atoms with van der Waals surface area (Å²) in [5.74, 6) is -0.505. The van der Waals surface area contributed by atoms with Gasteiger partial charge in [0.15, 0.2) is 0 Å². The Morgan fingerprint density at radius 2 is 1.78 bits per heavy atom. The molecule has 27 heavy (non-hydrogen) atoms. The van der Waals surface area contributed by atoms with Crippen LogP contribution >= 0.6 is 15.9 Å². The quantitative estimate of drug-likeness (QED) is 0.560. The van der Waals surface area contributed by atoms with E-state index in [0.29, 0.717) is 36.2 Å². The van der Waals surface area contributed by atoms with E-state index in [0.717, 1.165) is 26.9 Å². The molecule has 3 nitrogen and oxygen atoms in total. The zero-order valence-corrected chi connectivity index (χ0v) is 18.1. The molecule has 144 valence electrons. The molecular weight excluding hydrogens is 407 g/mol. The van der Waals surface area contributed by atoms with Gasteiger partial charge in [0.05, 0.1) is 11.3 Å². The second kappa shape index (κ2) is 9.27. The Balaban J connectivity index is 2.51. The maximum Gasteiger partial charge on any atom is 0.258 e. The van der Waals surface area contributed by atoms with Gasteiger partial charge in [-0.1, -0.05) is 26.0 Å². The summed E-state index contributed by atoms with van der Waals surface area (Å²) in [6.45, 7) is 9.65. The smallest absolute Gasteiger partial charge is 0.258 e. The molecule has 0 spiro atoms. The number of hydrogen-bond acceptors (Lipinski definition) is 2. The molecular formula is C22H26BrFN2O. The Hall–Kier alpha value is -2.01. The summed E-state index contributed by atoms with van der Waals surface area (Å²) >= 11 is 3.62. The van der Waals surface area contributed by atoms with E-state index in [1.54, 1.807) is 0 Å². The maximum absolute atomic E-state index is 13.8. The van der Waals surface area contributed by atoms with Gasteiger partial charge in [0.1, 0.15) is 5.82 Å². The lowest BCUT2D eigenvalue weighted by Gasteiger charge is -2.18. The van der Waals surface area contributed by atoms with Gasteiger partial charge in [0, 0.05) is 15.9 Å². The highest BCUT2D eigenvalue weighted by atomic mass is 79.9. The monoisotopic (exact) mass is 432 g/mol. The Labute approximate surface area is 169 Å². The van der Waals surface area contributed by atoms with Gasteiger partial charge < -0.3 is 5.32 Å². The van der Waals surface area contributed by atoms with Crippen molar-refractivity contribution in [3.05, 3.63) is 68.2 Å². The number of nitrogens with zero attached hydrogens (tertiary/aromatic N) is 1. The number of benzene rings is 1. The fourth-order valence-electron chi connectivity index (χ4n) is 3.20. The van der Waals surface area contributed by atoms with Crippen molar-refractivity contribution in [2.24, 2.45) is 0 Å². The van der Waals surface area contributed by atoms with Crippen LogP contribution in [0, 0.1) is 19.7 Å². The molecule has 0 aliphatic heterocycles. The maximum atomic E-state index is 13.8. The minimum atomic E-state index is -0.273. The van der Waals surface area contributed by atoms with Gasteiger partial charge in [0.2, 0.25) is 0 Å². The fraction of sp³-hybridized carbons (Fsp3) is 0.364. The summed E-state index contributed by atoms with van der Waals surface area (Å²) in [7, 11) is 0. The first-order valence-electron chi connectivity index (χ1n) is 9.23. The fourth-order valence-corrected chi connectivity index (χ4v) is 4.12. The van der Waals surface area contributed by atoms with Crippen LogP contribution in [0.5, 0.6) is 0 Å². The molecule has 1 aromatic carbocycles. The molecule has 0 radical (unpaired) electrons. The molecule has 0 aliphatic rings. The highest BCUT2D eigenvalue weighted by molar-refractivity contribution is 9.10. The third-order valence-corrected chi connectivity index (χ3v) is 5.55. The number of rotatable bonds is 6. The van der Waals surface area contributed by atoms with Crippen molar-refractivity contribution in [3.8, 4) is 0 Å². The first-order chi connectivity index (χ1) is 12.8. The third-order valence-electron chi connectivity index (χ3n) is 4.67. The standard InChI is InChI=1S/C22H26BrFN2O/c1-6-9-10-18-13(4)25-14(5)19(20(18)23)22(27)26-21-15(7-2)11-17(24)12-16(21)8-3/h6,9,11-12H,7-8,10H2,1-5H3,(H,26,27). The van der Waals surface area contributed by atoms with Crippen LogP contribution in [0.4, 0.5) is 10.1 Å². The van der Waals surface area contributed by atoms with Crippen molar-refractivity contribution >= 4 is 27.5 Å². The second-order valence-corrected chi connectivity index (χ2v) is 7.28. The van der Waals surface area contributed by atoms with Crippen LogP contribution in [-0.4, -0.2) is 10.9 Å². The van der Waals surface area contributed by atoms with Crippen molar-refractivity contribution in [2.45, 2.75) is 53.9 Å². The number of nitrogens with one attached hydrogen (secondary N) is 1. The molecule has 1 N–H and O–H groups in total. The number of pyridine rings is 1. The lowest BCUT2D eigenvalue weighted by atomic mass is 10.0. The lowest BCUT2D eigenvalue weighted by Crippen LogP contribution is -2.19. The molecule has 1 amide bonds. The van der Waals surface area contributed by atoms with Crippen LogP contribution in [0.15, 0.2) is 28.8 Å². The number of allylic oxidation sites excluding steroid dienone is 2. The molecule has 2 aromatic rings. The number of carbonyl (C=O) groups excluding carboxylic acids is 1. The summed E-state index contributed by atoms with van der Waals surface area (Å²) in [6.07, 6.45) is 5.99. The molecule has 0 aliphatic carbocycles. The molecule has 0 bridgehead atoms. The van der Waals surface area contributed by atoms with Crippen LogP contribution < -0.4 is 5.32 Å². The Morgan fingerprint density at radius 3 is 2.30 bits per heavy atom. The SMILES string of the molecule is CC=CCc1c(C)nc(C)c(C(=O)Nc2c(CC)cc(F)cc2CC)c1Br. The minimum Gasteiger partial charge on any atom is -0.321 e. The van der Waals surface area contributed by atoms with Crippen molar-refractivity contribution < 1.29 is 9.18 Å². The van der Waals surface area contributed by atoms with Crippen LogP contribution in [0.3, 0.4) is 0 Å². The molecule has 0 saturated carbocycles. The van der Waals surface area contributed by atoms with Gasteiger partial charge in [-0.25, -0.2) is 4.39 Å². The van der Waals surface area contributed by atoms with E-state index in [2.05, 4.69) is 26.2 Å². The highest BCUT2D eigenvalue weighted by Gasteiger charge is 2.21. The summed E-state index contributed by atoms with van der Waals surface area (Å²) < 4.78 is 14.6. The lowest BCUT2D eigenvalue weighted by molar-refractivity contribution is 0.102. The predicted octanol–water partition coefficient (Wildman–Crippen LogP) is 6.10. The zero-order valence-electron chi connectivity index (χ0n) is 16.5. The highest BCUT2D eigenvalue weighted by Crippen LogP contribution is 2.30. The summed E-state index contributed by atoms with van der Waals surface area (Å²) in [5, 5.41) is 3.02. The van der Waals surface area contributed by atoms with Crippen molar-refractivity contribution in [3.63, 3.8) is 0 Å². The molecule has 0 saturated heterocycles. The second-order valence-electron chi connectivity index (χ2n) is 6.48. The number of carbonyl (C=O) groups is 1. The Morgan fingerprint density at radius 1 is 1.19 bits per heavy atom. The van der Waals surface area contributed by atoms with Gasteiger partial charge in [-0.2, -0.15) is 0 Å². The minimum absolute atomic E-state index is 0.232. The van der Waals surface area contributed by atoms with Gasteiger partial charge in [-0.15, -0.1) is 0 Å². The van der Waals surface area contributed by atoms with Crippen LogP contribution in [0.25, 0.3) is 0 Å². The average molecular weight is 433 g/mol. The summed E-state index contributed by atoms with van der Waals surface area (Å²) in [4.78, 5) is 17.7. The van der Waals surface area contributed by atoms with E-state index >= 15 is 0 Å². The van der Waals surface area contributed by atoms with Gasteiger partial charge in [-0.3, -0.25) is 9.78 Å². The number of aromatic nitrogens is 1. The number of hydrogen-bond donors (Lipinski definition) is 1. The number of amides is 1. The van der Waals surface area contributed by atoms with E-state index in [-0.39, 0.29) is 11.7 Å². The largest absolute Gasteiger partial charge is 0.321 e. The summed E-state index contributed by atoms with van der Waals surface area (Å²) in [5.41, 5.74) is 5.38. The van der Waals surface area contributed by atoms with Crippen molar-refractivity contribution in [2.75, 3.05) is 5.32 Å².